The number of carbonyl (C=O) groups excluding carboxylic acids is 1. The van der Waals surface area contributed by atoms with Crippen molar-refractivity contribution in [3.63, 3.8) is 0 Å². The Bertz CT molecular complexity index is 378. The minimum atomic E-state index is 0.0310. The predicted molar refractivity (Wildman–Crippen MR) is 76.4 cm³/mol. The van der Waals surface area contributed by atoms with Crippen molar-refractivity contribution in [1.82, 2.24) is 5.32 Å². The molecule has 1 N–H and O–H groups in total. The number of hydrogen-bond donors (Lipinski definition) is 1. The molecular weight excluding hydrogens is 294 g/mol. The summed E-state index contributed by atoms with van der Waals surface area (Å²) in [6.45, 7) is 3.95. The highest BCUT2D eigenvalue weighted by Gasteiger charge is 2.10. The SMILES string of the molecule is COC(C)CCC(=O)NC(C)c1ccc(Br)cc1. The van der Waals surface area contributed by atoms with Gasteiger partial charge in [-0.15, -0.1) is 0 Å². The molecule has 0 aliphatic rings. The average molecular weight is 314 g/mol. The Kier molecular flexibility index (Phi) is 6.36. The predicted octanol–water partition coefficient (Wildman–Crippen LogP) is 3.44. The van der Waals surface area contributed by atoms with Crippen molar-refractivity contribution in [3.05, 3.63) is 34.3 Å². The molecule has 0 spiro atoms. The standard InChI is InChI=1S/C14H20BrNO2/c1-10(18-3)4-9-14(17)16-11(2)12-5-7-13(15)8-6-12/h5-8,10-11H,4,9H2,1-3H3,(H,16,17). The van der Waals surface area contributed by atoms with Crippen molar-refractivity contribution in [3.8, 4) is 0 Å². The van der Waals surface area contributed by atoms with Crippen LogP contribution in [0, 0.1) is 0 Å². The molecule has 1 aromatic rings. The van der Waals surface area contributed by atoms with Crippen LogP contribution in [0.5, 0.6) is 0 Å². The zero-order chi connectivity index (χ0) is 13.5. The van der Waals surface area contributed by atoms with Crippen molar-refractivity contribution in [2.45, 2.75) is 38.8 Å². The van der Waals surface area contributed by atoms with Crippen LogP contribution >= 0.6 is 15.9 Å². The lowest BCUT2D eigenvalue weighted by atomic mass is 10.1. The van der Waals surface area contributed by atoms with E-state index >= 15 is 0 Å². The molecule has 3 nitrogen and oxygen atoms in total. The quantitative estimate of drug-likeness (QED) is 0.873. The molecule has 0 aliphatic heterocycles. The van der Waals surface area contributed by atoms with E-state index in [2.05, 4.69) is 21.2 Å². The van der Waals surface area contributed by atoms with Gasteiger partial charge < -0.3 is 10.1 Å². The Balaban J connectivity index is 2.42. The summed E-state index contributed by atoms with van der Waals surface area (Å²) in [4.78, 5) is 11.7. The Morgan fingerprint density at radius 2 is 1.94 bits per heavy atom. The number of halogens is 1. The molecule has 0 bridgehead atoms. The van der Waals surface area contributed by atoms with Gasteiger partial charge in [-0.05, 0) is 38.0 Å². The molecule has 0 radical (unpaired) electrons. The normalized spacial score (nSPS) is 14.0. The van der Waals surface area contributed by atoms with Crippen molar-refractivity contribution in [2.75, 3.05) is 7.11 Å². The minimum absolute atomic E-state index is 0.0310. The Morgan fingerprint density at radius 1 is 1.33 bits per heavy atom. The zero-order valence-corrected chi connectivity index (χ0v) is 12.7. The summed E-state index contributed by atoms with van der Waals surface area (Å²) in [5.41, 5.74) is 1.10. The molecule has 1 amide bonds. The van der Waals surface area contributed by atoms with E-state index in [1.165, 1.54) is 0 Å². The fourth-order valence-corrected chi connectivity index (χ4v) is 1.86. The van der Waals surface area contributed by atoms with Gasteiger partial charge in [0.25, 0.3) is 0 Å². The zero-order valence-electron chi connectivity index (χ0n) is 11.1. The lowest BCUT2D eigenvalue weighted by Crippen LogP contribution is -2.27. The van der Waals surface area contributed by atoms with E-state index in [-0.39, 0.29) is 18.1 Å². The van der Waals surface area contributed by atoms with Crippen LogP contribution in [-0.4, -0.2) is 19.1 Å². The molecule has 2 atom stereocenters. The fraction of sp³-hybridized carbons (Fsp3) is 0.500. The van der Waals surface area contributed by atoms with E-state index in [4.69, 9.17) is 4.74 Å². The molecule has 4 heteroatoms. The molecule has 1 aromatic carbocycles. The first-order valence-electron chi connectivity index (χ1n) is 6.10. The fourth-order valence-electron chi connectivity index (χ4n) is 1.60. The van der Waals surface area contributed by atoms with Crippen LogP contribution in [0.4, 0.5) is 0 Å². The van der Waals surface area contributed by atoms with Crippen LogP contribution in [0.15, 0.2) is 28.7 Å². The molecule has 18 heavy (non-hydrogen) atoms. The number of nitrogens with one attached hydrogen (secondary N) is 1. The molecule has 0 saturated carbocycles. The average Bonchev–Trinajstić information content (AvgIpc) is 2.36. The molecule has 0 aliphatic carbocycles. The second-order valence-corrected chi connectivity index (χ2v) is 5.34. The van der Waals surface area contributed by atoms with Crippen LogP contribution < -0.4 is 5.32 Å². The summed E-state index contributed by atoms with van der Waals surface area (Å²) < 4.78 is 6.16. The van der Waals surface area contributed by atoms with Gasteiger partial charge in [0.1, 0.15) is 0 Å². The number of carbonyl (C=O) groups is 1. The number of ether oxygens (including phenoxy) is 1. The van der Waals surface area contributed by atoms with Gasteiger partial charge in [-0.25, -0.2) is 0 Å². The molecule has 0 fully saturated rings. The number of benzene rings is 1. The summed E-state index contributed by atoms with van der Waals surface area (Å²) in [6, 6.07) is 8.00. The summed E-state index contributed by atoms with van der Waals surface area (Å²) in [6.07, 6.45) is 1.37. The molecule has 1 rings (SSSR count). The highest BCUT2D eigenvalue weighted by molar-refractivity contribution is 9.10. The molecule has 100 valence electrons. The maximum absolute atomic E-state index is 11.7. The molecule has 0 saturated heterocycles. The molecule has 2 unspecified atom stereocenters. The van der Waals surface area contributed by atoms with Crippen molar-refractivity contribution >= 4 is 21.8 Å². The highest BCUT2D eigenvalue weighted by atomic mass is 79.9. The van der Waals surface area contributed by atoms with E-state index in [1.807, 2.05) is 38.1 Å². The lowest BCUT2D eigenvalue weighted by molar-refractivity contribution is -0.122. The number of amides is 1. The van der Waals surface area contributed by atoms with E-state index in [1.54, 1.807) is 7.11 Å². The van der Waals surface area contributed by atoms with Crippen LogP contribution in [0.2, 0.25) is 0 Å². The van der Waals surface area contributed by atoms with Gasteiger partial charge in [-0.3, -0.25) is 4.79 Å². The highest BCUT2D eigenvalue weighted by Crippen LogP contribution is 2.16. The van der Waals surface area contributed by atoms with E-state index < -0.39 is 0 Å². The Labute approximate surface area is 117 Å². The van der Waals surface area contributed by atoms with Gasteiger partial charge in [0.05, 0.1) is 12.1 Å². The maximum Gasteiger partial charge on any atom is 0.220 e. The first-order chi connectivity index (χ1) is 8.52. The van der Waals surface area contributed by atoms with Gasteiger partial charge in [0, 0.05) is 18.0 Å². The Morgan fingerprint density at radius 3 is 2.50 bits per heavy atom. The molecular formula is C14H20BrNO2. The monoisotopic (exact) mass is 313 g/mol. The third-order valence-electron chi connectivity index (χ3n) is 2.93. The summed E-state index contributed by atoms with van der Waals surface area (Å²) in [7, 11) is 1.66. The second kappa shape index (κ2) is 7.54. The molecule has 0 heterocycles. The van der Waals surface area contributed by atoms with Gasteiger partial charge >= 0.3 is 0 Å². The smallest absolute Gasteiger partial charge is 0.220 e. The van der Waals surface area contributed by atoms with Crippen molar-refractivity contribution in [1.29, 1.82) is 0 Å². The third-order valence-corrected chi connectivity index (χ3v) is 3.46. The topological polar surface area (TPSA) is 38.3 Å². The maximum atomic E-state index is 11.7. The van der Waals surface area contributed by atoms with E-state index in [0.717, 1.165) is 16.5 Å². The Hall–Kier alpha value is -0.870. The van der Waals surface area contributed by atoms with Gasteiger partial charge in [0.2, 0.25) is 5.91 Å². The minimum Gasteiger partial charge on any atom is -0.382 e. The lowest BCUT2D eigenvalue weighted by Gasteiger charge is -2.15. The molecule has 0 aromatic heterocycles. The number of methoxy groups -OCH3 is 1. The van der Waals surface area contributed by atoms with Gasteiger partial charge in [-0.2, -0.15) is 0 Å². The number of hydrogen-bond acceptors (Lipinski definition) is 2. The van der Waals surface area contributed by atoms with Crippen LogP contribution in [0.3, 0.4) is 0 Å². The van der Waals surface area contributed by atoms with E-state index in [9.17, 15) is 4.79 Å². The largest absolute Gasteiger partial charge is 0.382 e. The number of rotatable bonds is 6. The van der Waals surface area contributed by atoms with Crippen LogP contribution in [-0.2, 0) is 9.53 Å². The van der Waals surface area contributed by atoms with Crippen LogP contribution in [0.25, 0.3) is 0 Å². The van der Waals surface area contributed by atoms with Crippen molar-refractivity contribution in [2.24, 2.45) is 0 Å². The third kappa shape index (κ3) is 5.19. The summed E-state index contributed by atoms with van der Waals surface area (Å²) in [5.74, 6) is 0.0642. The summed E-state index contributed by atoms with van der Waals surface area (Å²) in [5, 5.41) is 2.99. The second-order valence-electron chi connectivity index (χ2n) is 4.43. The summed E-state index contributed by atoms with van der Waals surface area (Å²) >= 11 is 3.39. The first kappa shape index (κ1) is 15.2. The first-order valence-corrected chi connectivity index (χ1v) is 6.90. The van der Waals surface area contributed by atoms with Crippen LogP contribution in [0.1, 0.15) is 38.3 Å². The van der Waals surface area contributed by atoms with Crippen molar-refractivity contribution < 1.29 is 9.53 Å². The van der Waals surface area contributed by atoms with E-state index in [0.29, 0.717) is 6.42 Å². The van der Waals surface area contributed by atoms with Gasteiger partial charge in [0.15, 0.2) is 0 Å². The van der Waals surface area contributed by atoms with Gasteiger partial charge in [-0.1, -0.05) is 28.1 Å².